The number of aromatic amines is 1. The van der Waals surface area contributed by atoms with Gasteiger partial charge in [-0.25, -0.2) is 9.59 Å². The van der Waals surface area contributed by atoms with E-state index in [1.165, 1.54) is 10.8 Å². The summed E-state index contributed by atoms with van der Waals surface area (Å²) in [5.41, 5.74) is -1.26. The van der Waals surface area contributed by atoms with Crippen LogP contribution in [0.2, 0.25) is 0 Å². The molecule has 1 fully saturated rings. The Morgan fingerprint density at radius 3 is 2.71 bits per heavy atom. The molecule has 8 nitrogen and oxygen atoms in total. The summed E-state index contributed by atoms with van der Waals surface area (Å²) in [6, 6.07) is -0.349. The summed E-state index contributed by atoms with van der Waals surface area (Å²) in [6.07, 6.45) is 3.17. The molecule has 4 N–H and O–H groups in total. The fourth-order valence-corrected chi connectivity index (χ4v) is 2.55. The van der Waals surface area contributed by atoms with E-state index in [-0.39, 0.29) is 24.1 Å². The Bertz CT molecular complexity index is 674. The molecular weight excluding hydrogens is 280 g/mol. The first-order valence-electron chi connectivity index (χ1n) is 6.47. The molecule has 8 heteroatoms. The number of aliphatic hydroxyl groups is 2. The Kier molecular flexibility index (Phi) is 4.39. The van der Waals surface area contributed by atoms with Crippen LogP contribution in [0.15, 0.2) is 21.9 Å². The van der Waals surface area contributed by atoms with Gasteiger partial charge in [0.15, 0.2) is 0 Å². The standard InChI is InChI=1S/C13H16N2O6/c16-6-8-3-9(4-10(8)17)15-5-7(1-2-11(18)19)12(20)14-13(15)21/h1-2,5,8-10,16-17H,3-4,6H2,(H,18,19)(H,14,20,21)/b2-1+. The highest BCUT2D eigenvalue weighted by molar-refractivity contribution is 5.85. The van der Waals surface area contributed by atoms with E-state index < -0.39 is 23.3 Å². The lowest BCUT2D eigenvalue weighted by Gasteiger charge is -2.13. The second kappa shape index (κ2) is 6.06. The lowest BCUT2D eigenvalue weighted by atomic mass is 10.1. The average Bonchev–Trinajstić information content (AvgIpc) is 2.78. The highest BCUT2D eigenvalue weighted by Gasteiger charge is 2.34. The lowest BCUT2D eigenvalue weighted by molar-refractivity contribution is -0.131. The van der Waals surface area contributed by atoms with Gasteiger partial charge in [0.1, 0.15) is 0 Å². The van der Waals surface area contributed by atoms with E-state index in [0.29, 0.717) is 12.8 Å². The van der Waals surface area contributed by atoms with Crippen molar-refractivity contribution in [3.63, 3.8) is 0 Å². The van der Waals surface area contributed by atoms with Gasteiger partial charge >= 0.3 is 11.7 Å². The average molecular weight is 296 g/mol. The Morgan fingerprint density at radius 2 is 2.14 bits per heavy atom. The van der Waals surface area contributed by atoms with Gasteiger partial charge in [0.2, 0.25) is 0 Å². The smallest absolute Gasteiger partial charge is 0.328 e. The number of hydrogen-bond acceptors (Lipinski definition) is 5. The summed E-state index contributed by atoms with van der Waals surface area (Å²) in [6.45, 7) is -0.179. The summed E-state index contributed by atoms with van der Waals surface area (Å²) >= 11 is 0. The van der Waals surface area contributed by atoms with Gasteiger partial charge in [-0.1, -0.05) is 0 Å². The molecule has 1 aliphatic carbocycles. The van der Waals surface area contributed by atoms with Crippen molar-refractivity contribution < 1.29 is 20.1 Å². The maximum atomic E-state index is 11.8. The van der Waals surface area contributed by atoms with Gasteiger partial charge < -0.3 is 15.3 Å². The van der Waals surface area contributed by atoms with Crippen LogP contribution in [0.25, 0.3) is 6.08 Å². The van der Waals surface area contributed by atoms with Crippen LogP contribution in [0.5, 0.6) is 0 Å². The Balaban J connectivity index is 2.37. The highest BCUT2D eigenvalue weighted by atomic mass is 16.4. The molecule has 2 rings (SSSR count). The molecule has 0 spiro atoms. The van der Waals surface area contributed by atoms with Crippen LogP contribution in [0, 0.1) is 5.92 Å². The van der Waals surface area contributed by atoms with Crippen molar-refractivity contribution in [2.75, 3.05) is 6.61 Å². The van der Waals surface area contributed by atoms with Gasteiger partial charge in [0, 0.05) is 30.8 Å². The Morgan fingerprint density at radius 1 is 1.43 bits per heavy atom. The number of aliphatic carboxylic acids is 1. The predicted octanol–water partition coefficient (Wildman–Crippen LogP) is -1.06. The third kappa shape index (κ3) is 3.29. The number of hydrogen-bond donors (Lipinski definition) is 4. The molecule has 0 radical (unpaired) electrons. The number of nitrogens with one attached hydrogen (secondary N) is 1. The minimum atomic E-state index is -1.20. The monoisotopic (exact) mass is 296 g/mol. The van der Waals surface area contributed by atoms with Gasteiger partial charge in [-0.3, -0.25) is 14.3 Å². The molecule has 0 amide bonds. The van der Waals surface area contributed by atoms with Crippen LogP contribution in [0.1, 0.15) is 24.4 Å². The van der Waals surface area contributed by atoms with Crippen molar-refractivity contribution in [3.8, 4) is 0 Å². The Hall–Kier alpha value is -2.19. The van der Waals surface area contributed by atoms with Crippen molar-refractivity contribution in [2.45, 2.75) is 25.0 Å². The van der Waals surface area contributed by atoms with Gasteiger partial charge in [0.05, 0.1) is 11.7 Å². The van der Waals surface area contributed by atoms with E-state index in [9.17, 15) is 19.5 Å². The number of H-pyrrole nitrogens is 1. The van der Waals surface area contributed by atoms with Crippen LogP contribution >= 0.6 is 0 Å². The molecule has 0 bridgehead atoms. The third-order valence-corrected chi connectivity index (χ3v) is 3.66. The summed E-state index contributed by atoms with van der Waals surface area (Å²) in [7, 11) is 0. The number of nitrogens with zero attached hydrogens (tertiary/aromatic N) is 1. The number of rotatable bonds is 4. The van der Waals surface area contributed by atoms with Crippen molar-refractivity contribution in [1.29, 1.82) is 0 Å². The maximum absolute atomic E-state index is 11.8. The van der Waals surface area contributed by atoms with Crippen LogP contribution < -0.4 is 11.2 Å². The fourth-order valence-electron chi connectivity index (χ4n) is 2.55. The second-order valence-electron chi connectivity index (χ2n) is 5.06. The normalized spacial score (nSPS) is 25.5. The first kappa shape index (κ1) is 15.2. The van der Waals surface area contributed by atoms with Crippen molar-refractivity contribution in [1.82, 2.24) is 9.55 Å². The zero-order valence-electron chi connectivity index (χ0n) is 11.1. The van der Waals surface area contributed by atoms with Crippen molar-refractivity contribution in [3.05, 3.63) is 38.7 Å². The molecule has 1 heterocycles. The zero-order valence-corrected chi connectivity index (χ0v) is 11.1. The molecular formula is C13H16N2O6. The van der Waals surface area contributed by atoms with E-state index >= 15 is 0 Å². The maximum Gasteiger partial charge on any atom is 0.328 e. The number of carbonyl (C=O) groups is 1. The predicted molar refractivity (Wildman–Crippen MR) is 72.8 cm³/mol. The topological polar surface area (TPSA) is 133 Å². The largest absolute Gasteiger partial charge is 0.478 e. The van der Waals surface area contributed by atoms with E-state index in [4.69, 9.17) is 10.2 Å². The molecule has 1 saturated carbocycles. The second-order valence-corrected chi connectivity index (χ2v) is 5.06. The number of aliphatic hydroxyl groups excluding tert-OH is 2. The van der Waals surface area contributed by atoms with E-state index in [2.05, 4.69) is 4.98 Å². The third-order valence-electron chi connectivity index (χ3n) is 3.66. The quantitative estimate of drug-likeness (QED) is 0.523. The molecule has 1 aromatic rings. The van der Waals surface area contributed by atoms with Crippen molar-refractivity contribution in [2.24, 2.45) is 5.92 Å². The molecule has 3 atom stereocenters. The minimum Gasteiger partial charge on any atom is -0.478 e. The van der Waals surface area contributed by atoms with Gasteiger partial charge in [-0.2, -0.15) is 0 Å². The molecule has 3 unspecified atom stereocenters. The number of carboxylic acid groups (broad SMARTS) is 1. The SMILES string of the molecule is O=C(O)/C=C/c1cn(C2CC(O)C(CO)C2)c(=O)[nH]c1=O. The fraction of sp³-hybridized carbons (Fsp3) is 0.462. The van der Waals surface area contributed by atoms with Crippen molar-refractivity contribution >= 4 is 12.0 Å². The Labute approximate surface area is 119 Å². The van der Waals surface area contributed by atoms with Gasteiger partial charge in [0.25, 0.3) is 5.56 Å². The first-order valence-corrected chi connectivity index (χ1v) is 6.47. The van der Waals surface area contributed by atoms with Crippen LogP contribution in [0.3, 0.4) is 0 Å². The molecule has 1 aromatic heterocycles. The highest BCUT2D eigenvalue weighted by Crippen LogP contribution is 2.33. The molecule has 0 aromatic carbocycles. The minimum absolute atomic E-state index is 0.0407. The van der Waals surface area contributed by atoms with Crippen LogP contribution in [-0.2, 0) is 4.79 Å². The molecule has 1 aliphatic rings. The zero-order chi connectivity index (χ0) is 15.6. The van der Waals surface area contributed by atoms with Gasteiger partial charge in [-0.15, -0.1) is 0 Å². The lowest BCUT2D eigenvalue weighted by Crippen LogP contribution is -2.32. The molecule has 0 saturated heterocycles. The molecule has 114 valence electrons. The molecule has 21 heavy (non-hydrogen) atoms. The van der Waals surface area contributed by atoms with E-state index in [1.807, 2.05) is 0 Å². The number of carboxylic acids is 1. The summed E-state index contributed by atoms with van der Waals surface area (Å²) in [5.74, 6) is -1.52. The summed E-state index contributed by atoms with van der Waals surface area (Å²) in [4.78, 5) is 36.1. The van der Waals surface area contributed by atoms with Crippen LogP contribution in [-0.4, -0.2) is 43.6 Å². The summed E-state index contributed by atoms with van der Waals surface area (Å²) in [5, 5.41) is 27.5. The number of aromatic nitrogens is 2. The summed E-state index contributed by atoms with van der Waals surface area (Å²) < 4.78 is 1.27. The van der Waals surface area contributed by atoms with Gasteiger partial charge in [-0.05, 0) is 18.9 Å². The van der Waals surface area contributed by atoms with E-state index in [1.54, 1.807) is 0 Å². The first-order chi connectivity index (χ1) is 9.92. The van der Waals surface area contributed by atoms with E-state index in [0.717, 1.165) is 12.2 Å². The van der Waals surface area contributed by atoms with Crippen LogP contribution in [0.4, 0.5) is 0 Å². The molecule has 0 aliphatic heterocycles.